The zero-order valence-electron chi connectivity index (χ0n) is 11.2. The van der Waals surface area contributed by atoms with Gasteiger partial charge in [-0.1, -0.05) is 0 Å². The van der Waals surface area contributed by atoms with E-state index in [0.717, 1.165) is 6.54 Å². The molecule has 1 fully saturated rings. The highest BCUT2D eigenvalue weighted by Crippen LogP contribution is 2.33. The average Bonchev–Trinajstić information content (AvgIpc) is 2.81. The van der Waals surface area contributed by atoms with Gasteiger partial charge in [-0.2, -0.15) is 11.3 Å². The van der Waals surface area contributed by atoms with E-state index in [2.05, 4.69) is 21.7 Å². The number of hydrogen-bond donors (Lipinski definition) is 2. The Bertz CT molecular complexity index is 410. The van der Waals surface area contributed by atoms with Crippen molar-refractivity contribution < 1.29 is 15.0 Å². The van der Waals surface area contributed by atoms with Crippen LogP contribution >= 0.6 is 11.3 Å². The van der Waals surface area contributed by atoms with E-state index < -0.39 is 11.6 Å². The normalized spacial score (nSPS) is 27.6. The van der Waals surface area contributed by atoms with Crippen molar-refractivity contribution in [2.24, 2.45) is 5.92 Å². The van der Waals surface area contributed by atoms with Crippen molar-refractivity contribution in [3.63, 3.8) is 0 Å². The molecule has 0 unspecified atom stereocenters. The average molecular weight is 283 g/mol. The quantitative estimate of drug-likeness (QED) is 0.869. The van der Waals surface area contributed by atoms with Crippen molar-refractivity contribution in [2.45, 2.75) is 37.8 Å². The number of hydrogen-bond acceptors (Lipinski definition) is 4. The van der Waals surface area contributed by atoms with Crippen LogP contribution in [0.2, 0.25) is 0 Å². The summed E-state index contributed by atoms with van der Waals surface area (Å²) in [6, 6.07) is 2.09. The minimum absolute atomic E-state index is 0.276. The Hall–Kier alpha value is -0.910. The van der Waals surface area contributed by atoms with Crippen molar-refractivity contribution in [1.82, 2.24) is 4.90 Å². The van der Waals surface area contributed by atoms with Crippen LogP contribution in [0.5, 0.6) is 0 Å². The number of carboxylic acid groups (broad SMARTS) is 1. The number of likely N-dealkylation sites (N-methyl/N-ethyl adjacent to an activating group) is 1. The fraction of sp³-hybridized carbons (Fsp3) is 0.643. The van der Waals surface area contributed by atoms with E-state index in [0.29, 0.717) is 32.2 Å². The molecule has 19 heavy (non-hydrogen) atoms. The van der Waals surface area contributed by atoms with Gasteiger partial charge in [0.25, 0.3) is 0 Å². The Morgan fingerprint density at radius 2 is 2.21 bits per heavy atom. The van der Waals surface area contributed by atoms with E-state index in [-0.39, 0.29) is 5.92 Å². The summed E-state index contributed by atoms with van der Waals surface area (Å²) >= 11 is 1.68. The first-order chi connectivity index (χ1) is 8.98. The summed E-state index contributed by atoms with van der Waals surface area (Å²) in [6.45, 7) is 1.43. The Labute approximate surface area is 117 Å². The van der Waals surface area contributed by atoms with Crippen LogP contribution in [0.3, 0.4) is 0 Å². The predicted octanol–water partition coefficient (Wildman–Crippen LogP) is 2.19. The highest BCUT2D eigenvalue weighted by molar-refractivity contribution is 7.07. The Kier molecular flexibility index (Phi) is 4.60. The molecule has 1 saturated carbocycles. The van der Waals surface area contributed by atoms with Crippen LogP contribution in [0.15, 0.2) is 16.8 Å². The number of thiophene rings is 1. The molecule has 4 nitrogen and oxygen atoms in total. The summed E-state index contributed by atoms with van der Waals surface area (Å²) < 4.78 is 0. The van der Waals surface area contributed by atoms with Crippen LogP contribution in [-0.4, -0.2) is 40.3 Å². The molecule has 2 N–H and O–H groups in total. The molecule has 1 aliphatic carbocycles. The number of aliphatic hydroxyl groups is 1. The van der Waals surface area contributed by atoms with Gasteiger partial charge in [-0.05, 0) is 55.1 Å². The minimum Gasteiger partial charge on any atom is -0.481 e. The molecule has 2 rings (SSSR count). The van der Waals surface area contributed by atoms with E-state index in [1.54, 1.807) is 11.3 Å². The highest BCUT2D eigenvalue weighted by atomic mass is 32.1. The van der Waals surface area contributed by atoms with Gasteiger partial charge in [-0.25, -0.2) is 0 Å². The molecule has 0 amide bonds. The summed E-state index contributed by atoms with van der Waals surface area (Å²) in [5, 5.41) is 23.7. The third-order valence-electron chi connectivity index (χ3n) is 3.86. The molecule has 0 atom stereocenters. The van der Waals surface area contributed by atoms with E-state index in [1.807, 2.05) is 7.05 Å². The maximum absolute atomic E-state index is 10.9. The smallest absolute Gasteiger partial charge is 0.306 e. The molecule has 0 saturated heterocycles. The Morgan fingerprint density at radius 3 is 2.74 bits per heavy atom. The fourth-order valence-corrected chi connectivity index (χ4v) is 3.47. The first-order valence-electron chi connectivity index (χ1n) is 6.63. The van der Waals surface area contributed by atoms with Gasteiger partial charge in [0.15, 0.2) is 0 Å². The van der Waals surface area contributed by atoms with Crippen LogP contribution in [0.25, 0.3) is 0 Å². The maximum atomic E-state index is 10.9. The Morgan fingerprint density at radius 1 is 1.53 bits per heavy atom. The zero-order valence-corrected chi connectivity index (χ0v) is 12.0. The van der Waals surface area contributed by atoms with Crippen LogP contribution in [-0.2, 0) is 11.3 Å². The molecule has 1 aromatic heterocycles. The number of nitrogens with zero attached hydrogens (tertiary/aromatic N) is 1. The molecule has 0 aliphatic heterocycles. The van der Waals surface area contributed by atoms with Crippen molar-refractivity contribution in [1.29, 1.82) is 0 Å². The van der Waals surface area contributed by atoms with Crippen molar-refractivity contribution in [3.8, 4) is 0 Å². The fourth-order valence-electron chi connectivity index (χ4n) is 2.81. The van der Waals surface area contributed by atoms with E-state index in [1.165, 1.54) is 5.56 Å². The third-order valence-corrected chi connectivity index (χ3v) is 4.59. The van der Waals surface area contributed by atoms with Gasteiger partial charge in [-0.15, -0.1) is 0 Å². The topological polar surface area (TPSA) is 60.8 Å². The van der Waals surface area contributed by atoms with E-state index in [4.69, 9.17) is 5.11 Å². The Balaban J connectivity index is 1.83. The number of aliphatic carboxylic acids is 1. The molecule has 5 heteroatoms. The monoisotopic (exact) mass is 283 g/mol. The summed E-state index contributed by atoms with van der Waals surface area (Å²) in [4.78, 5) is 13.0. The van der Waals surface area contributed by atoms with Gasteiger partial charge >= 0.3 is 5.97 Å². The molecule has 0 spiro atoms. The molecule has 0 radical (unpaired) electrons. The van der Waals surface area contributed by atoms with Gasteiger partial charge in [-0.3, -0.25) is 9.69 Å². The minimum atomic E-state index is -0.728. The second-order valence-electron chi connectivity index (χ2n) is 5.64. The lowest BCUT2D eigenvalue weighted by Gasteiger charge is -2.37. The van der Waals surface area contributed by atoms with Gasteiger partial charge in [0, 0.05) is 13.1 Å². The van der Waals surface area contributed by atoms with Crippen LogP contribution < -0.4 is 0 Å². The lowest BCUT2D eigenvalue weighted by molar-refractivity contribution is -0.145. The predicted molar refractivity (Wildman–Crippen MR) is 75.2 cm³/mol. The van der Waals surface area contributed by atoms with E-state index >= 15 is 0 Å². The first-order valence-corrected chi connectivity index (χ1v) is 7.58. The second kappa shape index (κ2) is 6.03. The SMILES string of the molecule is CN(Cc1ccsc1)CC1(O)CCC(C(=O)O)CC1. The standard InChI is InChI=1S/C14H21NO3S/c1-15(8-11-4-7-19-9-11)10-14(18)5-2-12(3-6-14)13(16)17/h4,7,9,12,18H,2-3,5-6,8,10H2,1H3,(H,16,17). The molecule has 1 aromatic rings. The highest BCUT2D eigenvalue weighted by Gasteiger charge is 2.36. The second-order valence-corrected chi connectivity index (χ2v) is 6.42. The van der Waals surface area contributed by atoms with Gasteiger partial charge in [0.1, 0.15) is 0 Å². The summed E-state index contributed by atoms with van der Waals surface area (Å²) in [6.07, 6.45) is 2.33. The molecule has 1 aliphatic rings. The lowest BCUT2D eigenvalue weighted by atomic mass is 9.78. The van der Waals surface area contributed by atoms with Crippen molar-refractivity contribution >= 4 is 17.3 Å². The molecule has 0 aromatic carbocycles. The maximum Gasteiger partial charge on any atom is 0.306 e. The summed E-state index contributed by atoms with van der Waals surface area (Å²) in [5.74, 6) is -1.00. The van der Waals surface area contributed by atoms with Gasteiger partial charge in [0.2, 0.25) is 0 Å². The van der Waals surface area contributed by atoms with Crippen molar-refractivity contribution in [2.75, 3.05) is 13.6 Å². The third kappa shape index (κ3) is 4.03. The van der Waals surface area contributed by atoms with Crippen LogP contribution in [0.4, 0.5) is 0 Å². The number of carboxylic acids is 1. The van der Waals surface area contributed by atoms with Crippen molar-refractivity contribution in [3.05, 3.63) is 22.4 Å². The van der Waals surface area contributed by atoms with Crippen LogP contribution in [0.1, 0.15) is 31.2 Å². The molecular formula is C14H21NO3S. The largest absolute Gasteiger partial charge is 0.481 e. The van der Waals surface area contributed by atoms with E-state index in [9.17, 15) is 9.90 Å². The molecule has 106 valence electrons. The van der Waals surface area contributed by atoms with Gasteiger partial charge < -0.3 is 10.2 Å². The number of carbonyl (C=O) groups is 1. The molecule has 1 heterocycles. The van der Waals surface area contributed by atoms with Gasteiger partial charge in [0.05, 0.1) is 11.5 Å². The number of rotatable bonds is 5. The molecule has 0 bridgehead atoms. The molecular weight excluding hydrogens is 262 g/mol. The summed E-state index contributed by atoms with van der Waals surface area (Å²) in [7, 11) is 2.00. The first kappa shape index (κ1) is 14.5. The van der Waals surface area contributed by atoms with Crippen LogP contribution in [0, 0.1) is 5.92 Å². The summed E-state index contributed by atoms with van der Waals surface area (Å²) in [5.41, 5.74) is 0.534. The zero-order chi connectivity index (χ0) is 13.9. The lowest BCUT2D eigenvalue weighted by Crippen LogP contribution is -2.44.